The fraction of sp³-hybridized carbons (Fsp3) is 0.500. The lowest BCUT2D eigenvalue weighted by Gasteiger charge is -1.96. The van der Waals surface area contributed by atoms with E-state index < -0.39 is 0 Å². The molecular weight excluding hydrogens is 142 g/mol. The first-order chi connectivity index (χ1) is 5.24. The summed E-state index contributed by atoms with van der Waals surface area (Å²) in [6.07, 6.45) is 1.76. The highest BCUT2D eigenvalue weighted by molar-refractivity contribution is 6.41. The maximum atomic E-state index is 11.0. The molecular formula is C8H11NO2. The molecule has 11 heavy (non-hydrogen) atoms. The van der Waals surface area contributed by atoms with Crippen molar-refractivity contribution in [3.8, 4) is 0 Å². The molecule has 0 unspecified atom stereocenters. The predicted molar refractivity (Wildman–Crippen MR) is 42.7 cm³/mol. The van der Waals surface area contributed by atoms with Crippen LogP contribution in [0.3, 0.4) is 0 Å². The fourth-order valence-corrected chi connectivity index (χ4v) is 0.863. The summed E-state index contributed by atoms with van der Waals surface area (Å²) in [7, 11) is 0. The van der Waals surface area contributed by atoms with Crippen molar-refractivity contribution in [2.24, 2.45) is 4.99 Å². The minimum Gasteiger partial charge on any atom is -0.461 e. The third-order valence-electron chi connectivity index (χ3n) is 1.37. The summed E-state index contributed by atoms with van der Waals surface area (Å²) in [5.41, 5.74) is 1.55. The lowest BCUT2D eigenvalue weighted by molar-refractivity contribution is -0.134. The van der Waals surface area contributed by atoms with Gasteiger partial charge in [0.25, 0.3) is 0 Å². The highest BCUT2D eigenvalue weighted by Crippen LogP contribution is 2.04. The summed E-state index contributed by atoms with van der Waals surface area (Å²) < 4.78 is 4.76. The smallest absolute Gasteiger partial charge is 0.356 e. The van der Waals surface area contributed by atoms with Gasteiger partial charge in [-0.2, -0.15) is 0 Å². The van der Waals surface area contributed by atoms with Crippen LogP contribution < -0.4 is 0 Å². The van der Waals surface area contributed by atoms with E-state index in [0.29, 0.717) is 18.9 Å². The maximum Gasteiger partial charge on any atom is 0.356 e. The van der Waals surface area contributed by atoms with E-state index >= 15 is 0 Å². The van der Waals surface area contributed by atoms with E-state index in [1.807, 2.05) is 6.92 Å². The van der Waals surface area contributed by atoms with Gasteiger partial charge in [-0.15, -0.1) is 0 Å². The van der Waals surface area contributed by atoms with Gasteiger partial charge in [0.15, 0.2) is 0 Å². The summed E-state index contributed by atoms with van der Waals surface area (Å²) in [6, 6.07) is 0. The van der Waals surface area contributed by atoms with E-state index in [9.17, 15) is 4.79 Å². The highest BCUT2D eigenvalue weighted by atomic mass is 16.5. The van der Waals surface area contributed by atoms with Crippen LogP contribution in [0.5, 0.6) is 0 Å². The molecule has 0 aromatic heterocycles. The van der Waals surface area contributed by atoms with Gasteiger partial charge in [0.2, 0.25) is 0 Å². The highest BCUT2D eigenvalue weighted by Gasteiger charge is 2.13. The van der Waals surface area contributed by atoms with Crippen molar-refractivity contribution in [1.82, 2.24) is 0 Å². The maximum absolute atomic E-state index is 11.0. The molecule has 3 nitrogen and oxygen atoms in total. The van der Waals surface area contributed by atoms with Crippen LogP contribution in [-0.2, 0) is 9.53 Å². The third-order valence-corrected chi connectivity index (χ3v) is 1.37. The van der Waals surface area contributed by atoms with Crippen molar-refractivity contribution < 1.29 is 9.53 Å². The van der Waals surface area contributed by atoms with E-state index in [0.717, 1.165) is 5.57 Å². The van der Waals surface area contributed by atoms with Crippen molar-refractivity contribution in [2.75, 3.05) is 13.2 Å². The number of esters is 1. The Balaban J connectivity index is 2.56. The lowest BCUT2D eigenvalue weighted by atomic mass is 10.3. The van der Waals surface area contributed by atoms with Crippen LogP contribution in [0.4, 0.5) is 0 Å². The molecule has 0 aliphatic carbocycles. The molecule has 1 heterocycles. The van der Waals surface area contributed by atoms with Gasteiger partial charge < -0.3 is 4.74 Å². The molecule has 0 N–H and O–H groups in total. The Labute approximate surface area is 65.8 Å². The van der Waals surface area contributed by atoms with Gasteiger partial charge in [0.05, 0.1) is 13.2 Å². The number of carbonyl (C=O) groups is 1. The van der Waals surface area contributed by atoms with Gasteiger partial charge >= 0.3 is 5.97 Å². The molecule has 0 radical (unpaired) electrons. The Bertz CT molecular complexity index is 228. The second kappa shape index (κ2) is 3.32. The zero-order valence-electron chi connectivity index (χ0n) is 6.76. The first-order valence-corrected chi connectivity index (χ1v) is 3.62. The summed E-state index contributed by atoms with van der Waals surface area (Å²) in [4.78, 5) is 15.0. The average Bonchev–Trinajstić information content (AvgIpc) is 2.36. The molecule has 0 atom stereocenters. The molecule has 0 fully saturated rings. The number of ether oxygens (including phenoxy) is 1. The normalized spacial score (nSPS) is 15.8. The quantitative estimate of drug-likeness (QED) is 0.554. The zero-order chi connectivity index (χ0) is 8.27. The van der Waals surface area contributed by atoms with Crippen molar-refractivity contribution in [3.05, 3.63) is 11.6 Å². The second-order valence-corrected chi connectivity index (χ2v) is 2.41. The van der Waals surface area contributed by atoms with Crippen LogP contribution in [0.2, 0.25) is 0 Å². The fourth-order valence-electron chi connectivity index (χ4n) is 0.863. The molecule has 0 aromatic carbocycles. The average molecular weight is 153 g/mol. The van der Waals surface area contributed by atoms with E-state index in [1.54, 1.807) is 13.0 Å². The number of hydrogen-bond donors (Lipinski definition) is 0. The number of carbonyl (C=O) groups excluding carboxylic acids is 1. The van der Waals surface area contributed by atoms with Crippen LogP contribution in [-0.4, -0.2) is 24.8 Å². The molecule has 0 bridgehead atoms. The number of aliphatic imine (C=N–C) groups is 1. The summed E-state index contributed by atoms with van der Waals surface area (Å²) in [5.74, 6) is -0.315. The summed E-state index contributed by atoms with van der Waals surface area (Å²) in [5, 5.41) is 0. The SMILES string of the molecule is CCOC(=O)C1=NCC(C)=C1. The first kappa shape index (κ1) is 7.98. The molecule has 1 aliphatic heterocycles. The molecule has 0 aromatic rings. The van der Waals surface area contributed by atoms with Crippen LogP contribution in [0, 0.1) is 0 Å². The topological polar surface area (TPSA) is 38.7 Å². The van der Waals surface area contributed by atoms with Gasteiger partial charge in [-0.05, 0) is 25.5 Å². The third kappa shape index (κ3) is 1.90. The lowest BCUT2D eigenvalue weighted by Crippen LogP contribution is -2.13. The monoisotopic (exact) mass is 153 g/mol. The first-order valence-electron chi connectivity index (χ1n) is 3.62. The van der Waals surface area contributed by atoms with Gasteiger partial charge in [-0.25, -0.2) is 4.79 Å². The van der Waals surface area contributed by atoms with Crippen LogP contribution in [0.15, 0.2) is 16.6 Å². The zero-order valence-corrected chi connectivity index (χ0v) is 6.76. The van der Waals surface area contributed by atoms with Gasteiger partial charge in [0, 0.05) is 0 Å². The molecule has 0 amide bonds. The largest absolute Gasteiger partial charge is 0.461 e. The van der Waals surface area contributed by atoms with Crippen molar-refractivity contribution in [3.63, 3.8) is 0 Å². The van der Waals surface area contributed by atoms with E-state index in [2.05, 4.69) is 4.99 Å². The van der Waals surface area contributed by atoms with Crippen LogP contribution >= 0.6 is 0 Å². The van der Waals surface area contributed by atoms with E-state index in [1.165, 1.54) is 0 Å². The Morgan fingerprint density at radius 3 is 3.00 bits per heavy atom. The van der Waals surface area contributed by atoms with Gasteiger partial charge in [-0.1, -0.05) is 0 Å². The molecule has 0 spiro atoms. The Hall–Kier alpha value is -1.12. The molecule has 0 saturated carbocycles. The Kier molecular flexibility index (Phi) is 2.41. The van der Waals surface area contributed by atoms with E-state index in [-0.39, 0.29) is 5.97 Å². The predicted octanol–water partition coefficient (Wildman–Crippen LogP) is 0.950. The number of nitrogens with zero attached hydrogens (tertiary/aromatic N) is 1. The van der Waals surface area contributed by atoms with Gasteiger partial charge in [-0.3, -0.25) is 4.99 Å². The minimum absolute atomic E-state index is 0.315. The molecule has 1 aliphatic rings. The van der Waals surface area contributed by atoms with Crippen molar-refractivity contribution in [1.29, 1.82) is 0 Å². The molecule has 0 saturated heterocycles. The summed E-state index contributed by atoms with van der Waals surface area (Å²) >= 11 is 0. The van der Waals surface area contributed by atoms with Crippen LogP contribution in [0.1, 0.15) is 13.8 Å². The Morgan fingerprint density at radius 2 is 2.55 bits per heavy atom. The van der Waals surface area contributed by atoms with E-state index in [4.69, 9.17) is 4.74 Å². The number of rotatable bonds is 2. The standard InChI is InChI=1S/C8H11NO2/c1-3-11-8(10)7-4-6(2)5-9-7/h4H,3,5H2,1-2H3. The Morgan fingerprint density at radius 1 is 1.82 bits per heavy atom. The van der Waals surface area contributed by atoms with Crippen LogP contribution in [0.25, 0.3) is 0 Å². The molecule has 60 valence electrons. The summed E-state index contributed by atoms with van der Waals surface area (Å²) in [6.45, 7) is 4.76. The molecule has 3 heteroatoms. The van der Waals surface area contributed by atoms with Crippen molar-refractivity contribution >= 4 is 11.7 Å². The van der Waals surface area contributed by atoms with Gasteiger partial charge in [0.1, 0.15) is 5.71 Å². The molecule has 1 rings (SSSR count). The second-order valence-electron chi connectivity index (χ2n) is 2.41. The minimum atomic E-state index is -0.315. The van der Waals surface area contributed by atoms with Crippen molar-refractivity contribution in [2.45, 2.75) is 13.8 Å². The number of hydrogen-bond acceptors (Lipinski definition) is 3.